The molecule has 1 aromatic heterocycles. The Morgan fingerprint density at radius 2 is 1.72 bits per heavy atom. The largest absolute Gasteiger partial charge is 0.444 e. The van der Waals surface area contributed by atoms with Crippen molar-refractivity contribution in [3.8, 4) is 11.3 Å². The van der Waals surface area contributed by atoms with Crippen LogP contribution >= 0.6 is 0 Å². The van der Waals surface area contributed by atoms with Gasteiger partial charge < -0.3 is 15.4 Å². The zero-order chi connectivity index (χ0) is 26.5. The molecule has 12 heteroatoms. The maximum Gasteiger partial charge on any atom is 0.408 e. The summed E-state index contributed by atoms with van der Waals surface area (Å²) in [6.45, 7) is 5.13. The number of hydrogen-bond acceptors (Lipinski definition) is 6. The zero-order valence-electron chi connectivity index (χ0n) is 20.3. The Labute approximate surface area is 209 Å². The topological polar surface area (TPSA) is 152 Å². The van der Waals surface area contributed by atoms with Crippen LogP contribution in [0.1, 0.15) is 26.3 Å². The van der Waals surface area contributed by atoms with Crippen LogP contribution in [0, 0.1) is 0 Å². The number of nitrogens with zero attached hydrogens (tertiary/aromatic N) is 2. The Balaban J connectivity index is 1.79. The molecule has 0 aliphatic carbocycles. The molecule has 36 heavy (non-hydrogen) atoms. The lowest BCUT2D eigenvalue weighted by Crippen LogP contribution is -2.47. The van der Waals surface area contributed by atoms with Gasteiger partial charge in [-0.2, -0.15) is 13.5 Å². The van der Waals surface area contributed by atoms with Crippen LogP contribution in [-0.4, -0.2) is 46.4 Å². The molecule has 2 amide bonds. The number of ether oxygens (including phenoxy) is 1. The fourth-order valence-corrected chi connectivity index (χ4v) is 3.73. The molecule has 11 nitrogen and oxygen atoms in total. The molecule has 1 atom stereocenters. The van der Waals surface area contributed by atoms with Gasteiger partial charge in [-0.1, -0.05) is 42.5 Å². The van der Waals surface area contributed by atoms with Crippen molar-refractivity contribution in [2.75, 3.05) is 10.0 Å². The highest BCUT2D eigenvalue weighted by Gasteiger charge is 2.26. The smallest absolute Gasteiger partial charge is 0.408 e. The second-order valence-corrected chi connectivity index (χ2v) is 10.2. The van der Waals surface area contributed by atoms with Crippen molar-refractivity contribution in [3.63, 3.8) is 0 Å². The second kappa shape index (κ2) is 10.8. The molecule has 0 aliphatic heterocycles. The van der Waals surface area contributed by atoms with E-state index in [4.69, 9.17) is 9.29 Å². The molecule has 0 bridgehead atoms. The summed E-state index contributed by atoms with van der Waals surface area (Å²) in [5.41, 5.74) is 1.57. The number of amides is 2. The normalized spacial score (nSPS) is 12.5. The van der Waals surface area contributed by atoms with Gasteiger partial charge in [-0.25, -0.2) is 4.79 Å². The van der Waals surface area contributed by atoms with E-state index in [1.54, 1.807) is 46.0 Å². The Bertz CT molecular complexity index is 1320. The lowest BCUT2D eigenvalue weighted by Gasteiger charge is -2.23. The van der Waals surface area contributed by atoms with Gasteiger partial charge >= 0.3 is 16.4 Å². The van der Waals surface area contributed by atoms with Crippen molar-refractivity contribution in [3.05, 3.63) is 66.2 Å². The predicted molar refractivity (Wildman–Crippen MR) is 136 cm³/mol. The van der Waals surface area contributed by atoms with Crippen LogP contribution in [0.5, 0.6) is 0 Å². The quantitative estimate of drug-likeness (QED) is 0.336. The number of aromatic nitrogens is 2. The number of benzene rings is 2. The third-order valence-electron chi connectivity index (χ3n) is 4.85. The van der Waals surface area contributed by atoms with Crippen molar-refractivity contribution >= 4 is 33.8 Å². The van der Waals surface area contributed by atoms with E-state index in [-0.39, 0.29) is 12.1 Å². The van der Waals surface area contributed by atoms with Gasteiger partial charge in [0.05, 0.1) is 11.4 Å². The number of nitrogens with one attached hydrogen (secondary N) is 3. The van der Waals surface area contributed by atoms with E-state index in [2.05, 4.69) is 15.7 Å². The summed E-state index contributed by atoms with van der Waals surface area (Å²) in [6, 6.07) is 16.2. The molecule has 0 unspecified atom stereocenters. The third kappa shape index (κ3) is 8.10. The van der Waals surface area contributed by atoms with Gasteiger partial charge in [0, 0.05) is 25.1 Å². The van der Waals surface area contributed by atoms with Crippen LogP contribution < -0.4 is 15.4 Å². The maximum absolute atomic E-state index is 13.2. The summed E-state index contributed by atoms with van der Waals surface area (Å²) in [6.07, 6.45) is -0.678. The number of carbonyl (C=O) groups excluding carboxylic acids is 2. The zero-order valence-corrected chi connectivity index (χ0v) is 21.2. The van der Waals surface area contributed by atoms with Crippen LogP contribution in [0.25, 0.3) is 11.3 Å². The molecule has 1 heterocycles. The van der Waals surface area contributed by atoms with Crippen molar-refractivity contribution < 1.29 is 27.3 Å². The summed E-state index contributed by atoms with van der Waals surface area (Å²) >= 11 is 0. The van der Waals surface area contributed by atoms with Gasteiger partial charge in [-0.05, 0) is 38.5 Å². The summed E-state index contributed by atoms with van der Waals surface area (Å²) in [5, 5.41) is 9.84. The van der Waals surface area contributed by atoms with Crippen molar-refractivity contribution in [1.82, 2.24) is 15.1 Å². The fourth-order valence-electron chi connectivity index (χ4n) is 3.30. The second-order valence-electron chi connectivity index (χ2n) is 9.07. The first-order valence-electron chi connectivity index (χ1n) is 11.0. The molecule has 2 aromatic carbocycles. The molecule has 4 N–H and O–H groups in total. The third-order valence-corrected chi connectivity index (χ3v) is 5.34. The number of rotatable bonds is 8. The molecule has 0 aliphatic rings. The van der Waals surface area contributed by atoms with E-state index in [0.717, 1.165) is 5.56 Å². The van der Waals surface area contributed by atoms with Gasteiger partial charge in [0.15, 0.2) is 0 Å². The van der Waals surface area contributed by atoms with Crippen LogP contribution in [0.3, 0.4) is 0 Å². The van der Waals surface area contributed by atoms with Crippen molar-refractivity contribution in [1.29, 1.82) is 0 Å². The summed E-state index contributed by atoms with van der Waals surface area (Å²) in [4.78, 5) is 25.7. The summed E-state index contributed by atoms with van der Waals surface area (Å²) in [7, 11) is -2.72. The predicted octanol–water partition coefficient (Wildman–Crippen LogP) is 3.38. The molecular weight excluding hydrogens is 486 g/mol. The molecule has 0 fully saturated rings. The lowest BCUT2D eigenvalue weighted by atomic mass is 10.0. The van der Waals surface area contributed by atoms with Gasteiger partial charge in [0.1, 0.15) is 17.5 Å². The SMILES string of the molecule is Cn1nc(-c2ccccc2)cc1NC(=O)[C@H](Cc1ccc(NS(=O)(=O)O)cc1)NC(=O)OC(C)(C)C. The van der Waals surface area contributed by atoms with Crippen LogP contribution in [0.4, 0.5) is 16.3 Å². The number of anilines is 2. The number of alkyl carbamates (subject to hydrolysis) is 1. The van der Waals surface area contributed by atoms with E-state index >= 15 is 0 Å². The Morgan fingerprint density at radius 1 is 1.08 bits per heavy atom. The van der Waals surface area contributed by atoms with Crippen LogP contribution in [-0.2, 0) is 33.3 Å². The highest BCUT2D eigenvalue weighted by Crippen LogP contribution is 2.21. The Morgan fingerprint density at radius 3 is 2.31 bits per heavy atom. The minimum atomic E-state index is -4.41. The average molecular weight is 516 g/mol. The van der Waals surface area contributed by atoms with Crippen LogP contribution in [0.15, 0.2) is 60.7 Å². The monoisotopic (exact) mass is 515 g/mol. The summed E-state index contributed by atoms with van der Waals surface area (Å²) < 4.78 is 39.7. The van der Waals surface area contributed by atoms with E-state index in [1.165, 1.54) is 16.8 Å². The molecular formula is C24H29N5O6S. The van der Waals surface area contributed by atoms with Crippen molar-refractivity contribution in [2.45, 2.75) is 38.8 Å². The van der Waals surface area contributed by atoms with Crippen molar-refractivity contribution in [2.24, 2.45) is 7.05 Å². The summed E-state index contributed by atoms with van der Waals surface area (Å²) in [5.74, 6) is -0.0637. The molecule has 0 radical (unpaired) electrons. The molecule has 192 valence electrons. The molecule has 0 saturated carbocycles. The molecule has 3 aromatic rings. The van der Waals surface area contributed by atoms with E-state index in [0.29, 0.717) is 17.1 Å². The number of hydrogen-bond donors (Lipinski definition) is 4. The van der Waals surface area contributed by atoms with E-state index in [1.807, 2.05) is 35.1 Å². The number of carbonyl (C=O) groups is 2. The van der Waals surface area contributed by atoms with Gasteiger partial charge in [-0.3, -0.25) is 18.8 Å². The Hall–Kier alpha value is -3.90. The van der Waals surface area contributed by atoms with E-state index in [9.17, 15) is 18.0 Å². The Kier molecular flexibility index (Phi) is 8.00. The van der Waals surface area contributed by atoms with E-state index < -0.39 is 33.9 Å². The minimum Gasteiger partial charge on any atom is -0.444 e. The maximum atomic E-state index is 13.2. The molecule has 0 saturated heterocycles. The van der Waals surface area contributed by atoms with Gasteiger partial charge in [0.2, 0.25) is 5.91 Å². The fraction of sp³-hybridized carbons (Fsp3) is 0.292. The number of aryl methyl sites for hydroxylation is 1. The first-order chi connectivity index (χ1) is 16.8. The average Bonchev–Trinajstić information content (AvgIpc) is 3.13. The van der Waals surface area contributed by atoms with Crippen LogP contribution in [0.2, 0.25) is 0 Å². The first kappa shape index (κ1) is 26.7. The standard InChI is InChI=1S/C24H29N5O6S/c1-24(2,3)35-23(31)25-20(14-16-10-12-18(13-11-16)28-36(32,33)34)22(30)26-21-15-19(27-29(21)4)17-8-6-5-7-9-17/h5-13,15,20,28H,14H2,1-4H3,(H,25,31)(H,26,30)(H,32,33,34)/t20-/m0/s1. The van der Waals surface area contributed by atoms with Gasteiger partial charge in [-0.15, -0.1) is 0 Å². The highest BCUT2D eigenvalue weighted by atomic mass is 32.2. The first-order valence-corrected chi connectivity index (χ1v) is 12.5. The molecule has 0 spiro atoms. The molecule has 3 rings (SSSR count). The van der Waals surface area contributed by atoms with Gasteiger partial charge in [0.25, 0.3) is 0 Å². The lowest BCUT2D eigenvalue weighted by molar-refractivity contribution is -0.118. The minimum absolute atomic E-state index is 0.0840. The highest BCUT2D eigenvalue weighted by molar-refractivity contribution is 7.87.